The van der Waals surface area contributed by atoms with Crippen molar-refractivity contribution in [1.82, 2.24) is 16.0 Å². The molecule has 6 heteroatoms. The highest BCUT2D eigenvalue weighted by Gasteiger charge is 2.20. The zero-order valence-electron chi connectivity index (χ0n) is 12.4. The molecule has 1 aliphatic carbocycles. The number of hydrogen-bond acceptors (Lipinski definition) is 3. The number of carbonyl (C=O) groups is 2. The van der Waals surface area contributed by atoms with Crippen molar-refractivity contribution in [3.05, 3.63) is 24.2 Å². The van der Waals surface area contributed by atoms with Crippen LogP contribution in [0.2, 0.25) is 0 Å². The first-order chi connectivity index (χ1) is 10.1. The molecule has 116 valence electrons. The molecular weight excluding hydrogens is 270 g/mol. The van der Waals surface area contributed by atoms with Gasteiger partial charge < -0.3 is 20.4 Å². The van der Waals surface area contributed by atoms with Crippen molar-refractivity contribution in [2.45, 2.75) is 45.2 Å². The molecule has 0 aromatic carbocycles. The Morgan fingerprint density at radius 3 is 2.90 bits per heavy atom. The van der Waals surface area contributed by atoms with Gasteiger partial charge >= 0.3 is 6.03 Å². The summed E-state index contributed by atoms with van der Waals surface area (Å²) in [5.41, 5.74) is 0. The maximum atomic E-state index is 11.8. The Bertz CT molecular complexity index is 459. The predicted molar refractivity (Wildman–Crippen MR) is 78.5 cm³/mol. The van der Waals surface area contributed by atoms with Crippen LogP contribution in [0.5, 0.6) is 0 Å². The van der Waals surface area contributed by atoms with E-state index in [-0.39, 0.29) is 24.5 Å². The van der Waals surface area contributed by atoms with Crippen LogP contribution >= 0.6 is 0 Å². The highest BCUT2D eigenvalue weighted by atomic mass is 16.3. The summed E-state index contributed by atoms with van der Waals surface area (Å²) in [6, 6.07) is 3.40. The Morgan fingerprint density at radius 2 is 2.19 bits per heavy atom. The average molecular weight is 293 g/mol. The molecule has 0 saturated heterocycles. The Labute approximate surface area is 124 Å². The van der Waals surface area contributed by atoms with Gasteiger partial charge in [-0.2, -0.15) is 0 Å². The number of nitrogens with one attached hydrogen (secondary N) is 3. The van der Waals surface area contributed by atoms with Crippen LogP contribution in [0, 0.1) is 5.92 Å². The monoisotopic (exact) mass is 293 g/mol. The first-order valence-electron chi connectivity index (χ1n) is 7.47. The van der Waals surface area contributed by atoms with Crippen LogP contribution in [0.4, 0.5) is 4.79 Å². The highest BCUT2D eigenvalue weighted by molar-refractivity contribution is 5.84. The molecule has 0 aliphatic heterocycles. The summed E-state index contributed by atoms with van der Waals surface area (Å²) in [5.74, 6) is 1.20. The number of amides is 3. The number of hydrogen-bond donors (Lipinski definition) is 3. The van der Waals surface area contributed by atoms with Gasteiger partial charge in [-0.05, 0) is 30.9 Å². The maximum Gasteiger partial charge on any atom is 0.315 e. The van der Waals surface area contributed by atoms with E-state index in [2.05, 4.69) is 22.9 Å². The largest absolute Gasteiger partial charge is 0.467 e. The zero-order chi connectivity index (χ0) is 15.1. The van der Waals surface area contributed by atoms with Crippen molar-refractivity contribution in [2.75, 3.05) is 6.54 Å². The average Bonchev–Trinajstić information content (AvgIpc) is 2.96. The standard InChI is InChI=1S/C15H23N3O3/c1-11-4-2-5-12(8-11)18-14(19)10-17-15(20)16-9-13-6-3-7-21-13/h3,6-7,11-12H,2,4-5,8-10H2,1H3,(H,18,19)(H2,16,17,20). The molecule has 1 aromatic heterocycles. The van der Waals surface area contributed by atoms with Crippen molar-refractivity contribution < 1.29 is 14.0 Å². The Balaban J connectivity index is 1.60. The van der Waals surface area contributed by atoms with Crippen molar-refractivity contribution in [3.63, 3.8) is 0 Å². The Kier molecular flexibility index (Phi) is 5.66. The molecule has 0 spiro atoms. The second kappa shape index (κ2) is 7.71. The van der Waals surface area contributed by atoms with Gasteiger partial charge in [0.2, 0.25) is 5.91 Å². The van der Waals surface area contributed by atoms with E-state index in [0.717, 1.165) is 19.3 Å². The normalized spacial score (nSPS) is 21.6. The van der Waals surface area contributed by atoms with Gasteiger partial charge in [-0.15, -0.1) is 0 Å². The third kappa shape index (κ3) is 5.49. The summed E-state index contributed by atoms with van der Waals surface area (Å²) in [4.78, 5) is 23.3. The molecule has 6 nitrogen and oxygen atoms in total. The minimum absolute atomic E-state index is 0.00509. The second-order valence-electron chi connectivity index (χ2n) is 5.65. The number of urea groups is 1. The lowest BCUT2D eigenvalue weighted by Gasteiger charge is -2.27. The number of carbonyl (C=O) groups excluding carboxylic acids is 2. The summed E-state index contributed by atoms with van der Waals surface area (Å²) >= 11 is 0. The summed E-state index contributed by atoms with van der Waals surface area (Å²) < 4.78 is 5.10. The lowest BCUT2D eigenvalue weighted by molar-refractivity contribution is -0.121. The molecule has 2 atom stereocenters. The first-order valence-corrected chi connectivity index (χ1v) is 7.47. The summed E-state index contributed by atoms with van der Waals surface area (Å²) in [6.07, 6.45) is 5.99. The van der Waals surface area contributed by atoms with Crippen molar-refractivity contribution in [2.24, 2.45) is 5.92 Å². The molecule has 1 aromatic rings. The SMILES string of the molecule is CC1CCCC(NC(=O)CNC(=O)NCc2ccco2)C1. The van der Waals surface area contributed by atoms with E-state index in [1.807, 2.05) is 0 Å². The van der Waals surface area contributed by atoms with E-state index in [1.165, 1.54) is 6.42 Å². The van der Waals surface area contributed by atoms with E-state index in [9.17, 15) is 9.59 Å². The van der Waals surface area contributed by atoms with E-state index < -0.39 is 0 Å². The van der Waals surface area contributed by atoms with Gasteiger partial charge in [0.05, 0.1) is 19.4 Å². The fraction of sp³-hybridized carbons (Fsp3) is 0.600. The van der Waals surface area contributed by atoms with Gasteiger partial charge in [0.15, 0.2) is 0 Å². The van der Waals surface area contributed by atoms with Crippen LogP contribution in [-0.2, 0) is 11.3 Å². The zero-order valence-corrected chi connectivity index (χ0v) is 12.4. The van der Waals surface area contributed by atoms with Gasteiger partial charge in [-0.25, -0.2) is 4.79 Å². The molecule has 3 amide bonds. The molecule has 0 radical (unpaired) electrons. The van der Waals surface area contributed by atoms with E-state index in [4.69, 9.17) is 4.42 Å². The van der Waals surface area contributed by atoms with Crippen LogP contribution < -0.4 is 16.0 Å². The fourth-order valence-electron chi connectivity index (χ4n) is 2.65. The minimum Gasteiger partial charge on any atom is -0.467 e. The van der Waals surface area contributed by atoms with Gasteiger partial charge in [0, 0.05) is 6.04 Å². The third-order valence-electron chi connectivity index (χ3n) is 3.71. The van der Waals surface area contributed by atoms with Crippen LogP contribution in [0.1, 0.15) is 38.4 Å². The van der Waals surface area contributed by atoms with Crippen LogP contribution in [-0.4, -0.2) is 24.5 Å². The van der Waals surface area contributed by atoms with Crippen LogP contribution in [0.15, 0.2) is 22.8 Å². The predicted octanol–water partition coefficient (Wildman–Crippen LogP) is 1.77. The molecular formula is C15H23N3O3. The fourth-order valence-corrected chi connectivity index (χ4v) is 2.65. The van der Waals surface area contributed by atoms with Crippen molar-refractivity contribution in [3.8, 4) is 0 Å². The van der Waals surface area contributed by atoms with Crippen LogP contribution in [0.3, 0.4) is 0 Å². The Hall–Kier alpha value is -1.98. The topological polar surface area (TPSA) is 83.4 Å². The maximum absolute atomic E-state index is 11.8. The molecule has 2 rings (SSSR count). The van der Waals surface area contributed by atoms with E-state index in [1.54, 1.807) is 18.4 Å². The lowest BCUT2D eigenvalue weighted by Crippen LogP contribution is -2.45. The summed E-state index contributed by atoms with van der Waals surface area (Å²) in [6.45, 7) is 2.51. The first kappa shape index (κ1) is 15.4. The van der Waals surface area contributed by atoms with Crippen molar-refractivity contribution >= 4 is 11.9 Å². The summed E-state index contributed by atoms with van der Waals surface area (Å²) in [7, 11) is 0. The molecule has 1 aliphatic rings. The molecule has 21 heavy (non-hydrogen) atoms. The lowest BCUT2D eigenvalue weighted by atomic mass is 9.87. The highest BCUT2D eigenvalue weighted by Crippen LogP contribution is 2.23. The molecule has 0 bridgehead atoms. The molecule has 1 heterocycles. The van der Waals surface area contributed by atoms with E-state index in [0.29, 0.717) is 18.2 Å². The number of rotatable bonds is 5. The molecule has 1 saturated carbocycles. The van der Waals surface area contributed by atoms with Gasteiger partial charge in [-0.3, -0.25) is 4.79 Å². The molecule has 1 fully saturated rings. The van der Waals surface area contributed by atoms with Gasteiger partial charge in [0.1, 0.15) is 5.76 Å². The van der Waals surface area contributed by atoms with E-state index >= 15 is 0 Å². The Morgan fingerprint density at radius 1 is 1.33 bits per heavy atom. The quantitative estimate of drug-likeness (QED) is 0.773. The van der Waals surface area contributed by atoms with Crippen molar-refractivity contribution in [1.29, 1.82) is 0 Å². The minimum atomic E-state index is -0.376. The van der Waals surface area contributed by atoms with Gasteiger partial charge in [-0.1, -0.05) is 19.8 Å². The summed E-state index contributed by atoms with van der Waals surface area (Å²) in [5, 5.41) is 8.14. The van der Waals surface area contributed by atoms with Crippen LogP contribution in [0.25, 0.3) is 0 Å². The second-order valence-corrected chi connectivity index (χ2v) is 5.65. The molecule has 2 unspecified atom stereocenters. The van der Waals surface area contributed by atoms with Gasteiger partial charge in [0.25, 0.3) is 0 Å². The molecule has 3 N–H and O–H groups in total. The third-order valence-corrected chi connectivity index (χ3v) is 3.71. The smallest absolute Gasteiger partial charge is 0.315 e. The number of furan rings is 1.